The molecule has 0 heterocycles. The molecule has 0 saturated carbocycles. The molecule has 1 atom stereocenters. The zero-order chi connectivity index (χ0) is 17.1. The highest BCUT2D eigenvalue weighted by atomic mass is 35.5. The third-order valence-electron chi connectivity index (χ3n) is 2.58. The molecule has 0 aliphatic carbocycles. The van der Waals surface area contributed by atoms with Crippen molar-refractivity contribution in [3.8, 4) is 0 Å². The second-order valence-electron chi connectivity index (χ2n) is 3.96. The Kier molecular flexibility index (Phi) is 5.58. The number of alkyl halides is 3. The van der Waals surface area contributed by atoms with Gasteiger partial charge < -0.3 is 4.74 Å². The normalized spacial score (nSPS) is 14.1. The minimum absolute atomic E-state index is 0.0482. The van der Waals surface area contributed by atoms with Crippen molar-refractivity contribution < 1.29 is 31.7 Å². The van der Waals surface area contributed by atoms with Gasteiger partial charge in [-0.3, -0.25) is 4.79 Å². The highest BCUT2D eigenvalue weighted by molar-refractivity contribution is 7.93. The van der Waals surface area contributed by atoms with Crippen molar-refractivity contribution in [3.05, 3.63) is 28.8 Å². The van der Waals surface area contributed by atoms with Crippen LogP contribution in [0.15, 0.2) is 27.5 Å². The number of carbonyl (C=O) groups excluding carboxylic acids is 2. The molecule has 122 valence electrons. The van der Waals surface area contributed by atoms with Crippen LogP contribution in [0.5, 0.6) is 0 Å². The lowest BCUT2D eigenvalue weighted by Gasteiger charge is -2.10. The maximum Gasteiger partial charge on any atom is 0.474 e. The first kappa shape index (κ1) is 18.4. The first-order valence-electron chi connectivity index (χ1n) is 5.79. The average molecular weight is 358 g/mol. The molecule has 1 unspecified atom stereocenters. The number of amides is 1. The van der Waals surface area contributed by atoms with Crippen LogP contribution in [0, 0.1) is 0 Å². The molecule has 1 aromatic rings. The van der Waals surface area contributed by atoms with Crippen molar-refractivity contribution in [3.63, 3.8) is 0 Å². The zero-order valence-electron chi connectivity index (χ0n) is 11.4. The Morgan fingerprint density at radius 1 is 1.36 bits per heavy atom. The van der Waals surface area contributed by atoms with Gasteiger partial charge in [0.1, 0.15) is 0 Å². The van der Waals surface area contributed by atoms with Crippen molar-refractivity contribution in [1.82, 2.24) is 0 Å². The van der Waals surface area contributed by atoms with E-state index in [0.717, 1.165) is 25.3 Å². The van der Waals surface area contributed by atoms with Crippen molar-refractivity contribution >= 4 is 33.2 Å². The number of methoxy groups -OCH3 is 1. The lowest BCUT2D eigenvalue weighted by Crippen LogP contribution is -2.22. The number of nitrogens with zero attached hydrogens (tertiary/aromatic N) is 1. The third kappa shape index (κ3) is 3.98. The van der Waals surface area contributed by atoms with E-state index in [9.17, 15) is 27.0 Å². The second-order valence-corrected chi connectivity index (χ2v) is 6.88. The van der Waals surface area contributed by atoms with E-state index in [-0.39, 0.29) is 21.2 Å². The Morgan fingerprint density at radius 2 is 1.95 bits per heavy atom. The predicted molar refractivity (Wildman–Crippen MR) is 73.2 cm³/mol. The summed E-state index contributed by atoms with van der Waals surface area (Å²) in [4.78, 5) is 22.1. The smallest absolute Gasteiger partial charge is 0.465 e. The van der Waals surface area contributed by atoms with E-state index < -0.39 is 27.8 Å². The molecule has 1 rings (SSSR count). The van der Waals surface area contributed by atoms with Gasteiger partial charge in [-0.15, -0.1) is 4.36 Å². The Morgan fingerprint density at radius 3 is 2.36 bits per heavy atom. The molecule has 5 nitrogen and oxygen atoms in total. The maximum atomic E-state index is 12.5. The molecule has 0 saturated heterocycles. The van der Waals surface area contributed by atoms with Crippen molar-refractivity contribution in [1.29, 1.82) is 0 Å². The second kappa shape index (κ2) is 6.66. The van der Waals surface area contributed by atoms with Crippen molar-refractivity contribution in [2.24, 2.45) is 4.36 Å². The molecule has 1 amide bonds. The van der Waals surface area contributed by atoms with Gasteiger partial charge in [0.25, 0.3) is 0 Å². The Balaban J connectivity index is 3.41. The van der Waals surface area contributed by atoms with Crippen molar-refractivity contribution in [2.75, 3.05) is 12.9 Å². The molecular weight excluding hydrogens is 347 g/mol. The molecule has 0 fully saturated rings. The van der Waals surface area contributed by atoms with Crippen LogP contribution in [-0.2, 0) is 19.3 Å². The molecule has 0 aliphatic heterocycles. The fourth-order valence-corrected chi connectivity index (χ4v) is 3.28. The molecule has 0 bridgehead atoms. The molecular formula is C12H11ClF3NO4S. The number of benzene rings is 1. The predicted octanol–water partition coefficient (Wildman–Crippen LogP) is 3.06. The van der Waals surface area contributed by atoms with Crippen LogP contribution < -0.4 is 0 Å². The summed E-state index contributed by atoms with van der Waals surface area (Å²) in [6, 6.07) is 3.30. The average Bonchev–Trinajstić information content (AvgIpc) is 2.45. The zero-order valence-corrected chi connectivity index (χ0v) is 13.0. The number of rotatable bonds is 3. The van der Waals surface area contributed by atoms with Gasteiger partial charge in [-0.25, -0.2) is 9.00 Å². The molecule has 0 aromatic heterocycles. The number of halogens is 4. The number of hydrogen-bond acceptors (Lipinski definition) is 4. The summed E-state index contributed by atoms with van der Waals surface area (Å²) >= 11 is 5.82. The lowest BCUT2D eigenvalue weighted by molar-refractivity contribution is -0.169. The van der Waals surface area contributed by atoms with E-state index in [4.69, 9.17) is 11.6 Å². The highest BCUT2D eigenvalue weighted by Crippen LogP contribution is 2.25. The summed E-state index contributed by atoms with van der Waals surface area (Å²) in [6.07, 6.45) is -5.21. The van der Waals surface area contributed by atoms with Gasteiger partial charge in [-0.05, 0) is 18.2 Å². The van der Waals surface area contributed by atoms with Gasteiger partial charge in [-0.2, -0.15) is 13.2 Å². The van der Waals surface area contributed by atoms with E-state index in [1.165, 1.54) is 6.92 Å². The Hall–Kier alpha value is -1.61. The monoisotopic (exact) mass is 357 g/mol. The van der Waals surface area contributed by atoms with Gasteiger partial charge >= 0.3 is 18.1 Å². The van der Waals surface area contributed by atoms with E-state index in [0.29, 0.717) is 0 Å². The van der Waals surface area contributed by atoms with Gasteiger partial charge in [0.15, 0.2) is 0 Å². The molecule has 0 radical (unpaired) electrons. The van der Waals surface area contributed by atoms with Crippen LogP contribution in [0.2, 0.25) is 5.02 Å². The van der Waals surface area contributed by atoms with E-state index in [1.807, 2.05) is 0 Å². The minimum Gasteiger partial charge on any atom is -0.465 e. The first-order chi connectivity index (χ1) is 10.0. The summed E-state index contributed by atoms with van der Waals surface area (Å²) < 4.78 is 56.5. The van der Waals surface area contributed by atoms with Crippen LogP contribution in [-0.4, -0.2) is 35.1 Å². The third-order valence-corrected chi connectivity index (χ3v) is 5.12. The van der Waals surface area contributed by atoms with Crippen LogP contribution >= 0.6 is 11.6 Å². The van der Waals surface area contributed by atoms with E-state index in [2.05, 4.69) is 9.10 Å². The van der Waals surface area contributed by atoms with Crippen LogP contribution in [0.1, 0.15) is 17.3 Å². The van der Waals surface area contributed by atoms with Crippen LogP contribution in [0.25, 0.3) is 0 Å². The van der Waals surface area contributed by atoms with Gasteiger partial charge in [0, 0.05) is 10.6 Å². The minimum atomic E-state index is -5.21. The van der Waals surface area contributed by atoms with Gasteiger partial charge in [-0.1, -0.05) is 18.5 Å². The summed E-state index contributed by atoms with van der Waals surface area (Å²) in [5.41, 5.74) is -0.0482. The molecule has 10 heteroatoms. The van der Waals surface area contributed by atoms with Gasteiger partial charge in [0.2, 0.25) is 0 Å². The SMILES string of the molecule is CCS(=O)(=NC(=O)C(F)(F)F)c1ccc(C(=O)OC)c(Cl)c1. The maximum absolute atomic E-state index is 12.5. The standard InChI is InChI=1S/C12H11ClF3NO4S/c1-3-22(20,17-11(19)12(14,15)16)7-4-5-8(9(13)6-7)10(18)21-2/h4-6H,3H2,1-2H3. The topological polar surface area (TPSA) is 72.8 Å². The van der Waals surface area contributed by atoms with Crippen LogP contribution in [0.4, 0.5) is 13.2 Å². The van der Waals surface area contributed by atoms with E-state index >= 15 is 0 Å². The molecule has 1 aromatic carbocycles. The number of carbonyl (C=O) groups is 2. The molecule has 0 aliphatic rings. The fourth-order valence-electron chi connectivity index (χ4n) is 1.44. The number of hydrogen-bond donors (Lipinski definition) is 0. The molecule has 22 heavy (non-hydrogen) atoms. The Bertz CT molecular complexity index is 724. The van der Waals surface area contributed by atoms with Crippen LogP contribution in [0.3, 0.4) is 0 Å². The molecule has 0 N–H and O–H groups in total. The molecule has 0 spiro atoms. The lowest BCUT2D eigenvalue weighted by atomic mass is 10.2. The summed E-state index contributed by atoms with van der Waals surface area (Å²) in [7, 11) is -2.52. The summed E-state index contributed by atoms with van der Waals surface area (Å²) in [5, 5.41) is -0.166. The summed E-state index contributed by atoms with van der Waals surface area (Å²) in [5.74, 6) is -3.53. The number of ether oxygens (including phenoxy) is 1. The summed E-state index contributed by atoms with van der Waals surface area (Å²) in [6.45, 7) is 1.32. The van der Waals surface area contributed by atoms with Crippen molar-refractivity contribution in [2.45, 2.75) is 18.0 Å². The fraction of sp³-hybridized carbons (Fsp3) is 0.333. The van der Waals surface area contributed by atoms with Gasteiger partial charge in [0.05, 0.1) is 27.4 Å². The first-order valence-corrected chi connectivity index (χ1v) is 7.85. The largest absolute Gasteiger partial charge is 0.474 e. The van der Waals surface area contributed by atoms with E-state index in [1.54, 1.807) is 0 Å². The Labute approximate surface area is 129 Å². The highest BCUT2D eigenvalue weighted by Gasteiger charge is 2.40. The quantitative estimate of drug-likeness (QED) is 0.779. The number of esters is 1.